The molecule has 0 saturated heterocycles. The summed E-state index contributed by atoms with van der Waals surface area (Å²) in [7, 11) is -3.45. The van der Waals surface area contributed by atoms with Crippen molar-refractivity contribution < 1.29 is 8.42 Å². The second-order valence-corrected chi connectivity index (χ2v) is 7.94. The number of hydrogen-bond donors (Lipinski definition) is 0. The second kappa shape index (κ2) is 7.40. The number of hydrogen-bond acceptors (Lipinski definition) is 3. The van der Waals surface area contributed by atoms with Crippen LogP contribution in [-0.2, 0) is 23.0 Å². The van der Waals surface area contributed by atoms with E-state index >= 15 is 0 Å². The molecule has 3 nitrogen and oxygen atoms in total. The van der Waals surface area contributed by atoms with Crippen molar-refractivity contribution in [3.05, 3.63) is 52.2 Å². The lowest BCUT2D eigenvalue weighted by Gasteiger charge is -2.20. The van der Waals surface area contributed by atoms with Gasteiger partial charge in [-0.2, -0.15) is 4.31 Å². The van der Waals surface area contributed by atoms with E-state index in [1.807, 2.05) is 36.6 Å². The van der Waals surface area contributed by atoms with Gasteiger partial charge in [0.2, 0.25) is 10.0 Å². The number of aryl methyl sites for hydroxylation is 1. The molecule has 21 heavy (non-hydrogen) atoms. The van der Waals surface area contributed by atoms with Crippen molar-refractivity contribution in [2.45, 2.75) is 24.8 Å². The van der Waals surface area contributed by atoms with Crippen molar-refractivity contribution in [1.82, 2.24) is 4.31 Å². The van der Waals surface area contributed by atoms with Crippen molar-refractivity contribution in [3.63, 3.8) is 0 Å². The highest BCUT2D eigenvalue weighted by Crippen LogP contribution is 2.20. The van der Waals surface area contributed by atoms with Crippen LogP contribution in [0.2, 0.25) is 0 Å². The fourth-order valence-electron chi connectivity index (χ4n) is 2.03. The van der Waals surface area contributed by atoms with Crippen LogP contribution in [0.25, 0.3) is 0 Å². The van der Waals surface area contributed by atoms with Crippen molar-refractivity contribution >= 4 is 33.0 Å². The predicted octanol–water partition coefficient (Wildman–Crippen LogP) is 3.74. The lowest BCUT2D eigenvalue weighted by atomic mass is 10.2. The molecule has 0 amide bonds. The number of thiophene rings is 1. The van der Waals surface area contributed by atoms with Gasteiger partial charge in [-0.25, -0.2) is 8.42 Å². The fourth-order valence-corrected chi connectivity index (χ4v) is 4.48. The molecule has 0 aliphatic rings. The zero-order valence-electron chi connectivity index (χ0n) is 11.8. The van der Waals surface area contributed by atoms with Gasteiger partial charge in [-0.05, 0) is 35.6 Å². The van der Waals surface area contributed by atoms with Gasteiger partial charge in [0.25, 0.3) is 0 Å². The van der Waals surface area contributed by atoms with E-state index in [1.54, 1.807) is 23.5 Å². The molecule has 0 radical (unpaired) electrons. The Hall–Kier alpha value is -0.880. The molecule has 0 spiro atoms. The molecule has 1 aromatic heterocycles. The van der Waals surface area contributed by atoms with Crippen LogP contribution >= 0.6 is 22.9 Å². The van der Waals surface area contributed by atoms with E-state index in [9.17, 15) is 8.42 Å². The molecule has 0 bridgehead atoms. The highest BCUT2D eigenvalue weighted by molar-refractivity contribution is 7.89. The molecule has 2 rings (SSSR count). The van der Waals surface area contributed by atoms with E-state index in [1.165, 1.54) is 4.31 Å². The Morgan fingerprint density at radius 2 is 1.90 bits per heavy atom. The van der Waals surface area contributed by atoms with Crippen molar-refractivity contribution in [2.75, 3.05) is 12.4 Å². The average molecular weight is 344 g/mol. The first kappa shape index (κ1) is 16.5. The van der Waals surface area contributed by atoms with Gasteiger partial charge in [-0.3, -0.25) is 0 Å². The van der Waals surface area contributed by atoms with Gasteiger partial charge in [0.1, 0.15) is 0 Å². The summed E-state index contributed by atoms with van der Waals surface area (Å²) < 4.78 is 26.8. The smallest absolute Gasteiger partial charge is 0.207 e. The van der Waals surface area contributed by atoms with Crippen LogP contribution in [0.5, 0.6) is 0 Å². The number of benzene rings is 1. The number of sulfonamides is 1. The summed E-state index contributed by atoms with van der Waals surface area (Å²) in [5.74, 6) is 0.533. The summed E-state index contributed by atoms with van der Waals surface area (Å²) in [6.07, 6.45) is 0.745. The SMILES string of the molecule is CCN(Cc1cccs1)S(=O)(=O)c1ccc(CCCl)cc1. The Balaban J connectivity index is 2.22. The van der Waals surface area contributed by atoms with Gasteiger partial charge < -0.3 is 0 Å². The van der Waals surface area contributed by atoms with Gasteiger partial charge in [0, 0.05) is 23.8 Å². The molecule has 114 valence electrons. The van der Waals surface area contributed by atoms with Crippen LogP contribution in [0.15, 0.2) is 46.7 Å². The van der Waals surface area contributed by atoms with Crippen molar-refractivity contribution in [3.8, 4) is 0 Å². The minimum Gasteiger partial charge on any atom is -0.207 e. The summed E-state index contributed by atoms with van der Waals surface area (Å²) in [6.45, 7) is 2.72. The zero-order valence-corrected chi connectivity index (χ0v) is 14.2. The summed E-state index contributed by atoms with van der Waals surface area (Å²) in [6, 6.07) is 10.9. The molecule has 0 atom stereocenters. The molecule has 0 fully saturated rings. The lowest BCUT2D eigenvalue weighted by molar-refractivity contribution is 0.426. The molecular formula is C15H18ClNO2S2. The molecule has 0 aliphatic heterocycles. The van der Waals surface area contributed by atoms with Crippen molar-refractivity contribution in [1.29, 1.82) is 0 Å². The van der Waals surface area contributed by atoms with Crippen LogP contribution in [0.4, 0.5) is 0 Å². The van der Waals surface area contributed by atoms with E-state index in [4.69, 9.17) is 11.6 Å². The van der Waals surface area contributed by atoms with Crippen LogP contribution in [-0.4, -0.2) is 25.1 Å². The van der Waals surface area contributed by atoms with Crippen LogP contribution in [0.1, 0.15) is 17.4 Å². The Morgan fingerprint density at radius 1 is 1.19 bits per heavy atom. The number of rotatable bonds is 7. The summed E-state index contributed by atoms with van der Waals surface area (Å²) in [4.78, 5) is 1.37. The van der Waals surface area contributed by atoms with E-state index in [0.29, 0.717) is 23.9 Å². The molecule has 0 N–H and O–H groups in total. The first-order valence-corrected chi connectivity index (χ1v) is 9.60. The monoisotopic (exact) mass is 343 g/mol. The standard InChI is InChI=1S/C15H18ClNO2S2/c1-2-17(12-14-4-3-11-20-14)21(18,19)15-7-5-13(6-8-15)9-10-16/h3-8,11H,2,9-10,12H2,1H3. The molecule has 2 aromatic rings. The first-order valence-electron chi connectivity index (χ1n) is 6.75. The number of alkyl halides is 1. The zero-order chi connectivity index (χ0) is 15.3. The van der Waals surface area contributed by atoms with Gasteiger partial charge in [0.05, 0.1) is 4.90 Å². The number of halogens is 1. The summed E-state index contributed by atoms with van der Waals surface area (Å²) in [5, 5.41) is 1.96. The van der Waals surface area contributed by atoms with Gasteiger partial charge >= 0.3 is 0 Å². The highest BCUT2D eigenvalue weighted by atomic mass is 35.5. The lowest BCUT2D eigenvalue weighted by Crippen LogP contribution is -2.30. The summed E-state index contributed by atoms with van der Waals surface area (Å²) in [5.41, 5.74) is 1.05. The molecule has 1 aromatic carbocycles. The fraction of sp³-hybridized carbons (Fsp3) is 0.333. The third-order valence-corrected chi connectivity index (χ3v) is 6.19. The maximum atomic E-state index is 12.7. The first-order chi connectivity index (χ1) is 10.1. The van der Waals surface area contributed by atoms with E-state index in [-0.39, 0.29) is 0 Å². The summed E-state index contributed by atoms with van der Waals surface area (Å²) >= 11 is 7.26. The molecular weight excluding hydrogens is 326 g/mol. The van der Waals surface area contributed by atoms with Crippen molar-refractivity contribution in [2.24, 2.45) is 0 Å². The third-order valence-electron chi connectivity index (χ3n) is 3.21. The molecule has 1 heterocycles. The van der Waals surface area contributed by atoms with Crippen LogP contribution in [0, 0.1) is 0 Å². The maximum Gasteiger partial charge on any atom is 0.243 e. The molecule has 0 unspecified atom stereocenters. The van der Waals surface area contributed by atoms with E-state index in [2.05, 4.69) is 0 Å². The number of nitrogens with zero attached hydrogens (tertiary/aromatic N) is 1. The Kier molecular flexibility index (Phi) is 5.81. The van der Waals surface area contributed by atoms with Crippen LogP contribution in [0.3, 0.4) is 0 Å². The van der Waals surface area contributed by atoms with E-state index in [0.717, 1.165) is 16.9 Å². The van der Waals surface area contributed by atoms with Gasteiger partial charge in [-0.15, -0.1) is 22.9 Å². The van der Waals surface area contributed by atoms with Gasteiger partial charge in [0.15, 0.2) is 0 Å². The van der Waals surface area contributed by atoms with Gasteiger partial charge in [-0.1, -0.05) is 25.1 Å². The Morgan fingerprint density at radius 3 is 2.43 bits per heavy atom. The second-order valence-electron chi connectivity index (χ2n) is 4.59. The normalized spacial score (nSPS) is 12.0. The molecule has 0 saturated carbocycles. The predicted molar refractivity (Wildman–Crippen MR) is 88.5 cm³/mol. The van der Waals surface area contributed by atoms with E-state index < -0.39 is 10.0 Å². The van der Waals surface area contributed by atoms with Crippen LogP contribution < -0.4 is 0 Å². The topological polar surface area (TPSA) is 37.4 Å². The quantitative estimate of drug-likeness (QED) is 0.718. The Bertz CT molecular complexity index is 651. The highest BCUT2D eigenvalue weighted by Gasteiger charge is 2.23. The average Bonchev–Trinajstić information content (AvgIpc) is 2.98. The Labute approximate surface area is 135 Å². The molecule has 6 heteroatoms. The largest absolute Gasteiger partial charge is 0.243 e. The maximum absolute atomic E-state index is 12.7. The minimum atomic E-state index is -3.45. The molecule has 0 aliphatic carbocycles. The third kappa shape index (κ3) is 4.07. The minimum absolute atomic E-state index is 0.333.